The summed E-state index contributed by atoms with van der Waals surface area (Å²) in [5.74, 6) is -1.51. The molecule has 0 bridgehead atoms. The van der Waals surface area contributed by atoms with Crippen LogP contribution < -0.4 is 15.0 Å². The number of carbonyl (C=O) groups excluding carboxylic acids is 1. The van der Waals surface area contributed by atoms with Crippen LogP contribution in [0.25, 0.3) is 11.1 Å². The summed E-state index contributed by atoms with van der Waals surface area (Å²) in [6, 6.07) is 8.13. The quantitative estimate of drug-likeness (QED) is 0.587. The zero-order valence-corrected chi connectivity index (χ0v) is 18.9. The fourth-order valence-corrected chi connectivity index (χ4v) is 4.82. The van der Waals surface area contributed by atoms with Gasteiger partial charge in [-0.2, -0.15) is 9.49 Å². The smallest absolute Gasteiger partial charge is 0.230 e. The van der Waals surface area contributed by atoms with Gasteiger partial charge >= 0.3 is 0 Å². The molecule has 2 aromatic carbocycles. The molecule has 1 aromatic heterocycles. The summed E-state index contributed by atoms with van der Waals surface area (Å²) in [4.78, 5) is 15.0. The van der Waals surface area contributed by atoms with E-state index in [1.165, 1.54) is 12.1 Å². The number of anilines is 1. The Kier molecular flexibility index (Phi) is 5.13. The Labute approximate surface area is 196 Å². The highest BCUT2D eigenvalue weighted by Gasteiger charge is 2.39. The minimum absolute atomic E-state index is 0.0686. The Morgan fingerprint density at radius 3 is 2.71 bits per heavy atom. The molecule has 0 spiro atoms. The van der Waals surface area contributed by atoms with E-state index in [1.807, 2.05) is 27.9 Å². The number of fused-ring (bicyclic) bond motifs is 1. The molecule has 1 N–H and O–H groups in total. The van der Waals surface area contributed by atoms with Gasteiger partial charge in [-0.15, -0.1) is 0 Å². The summed E-state index contributed by atoms with van der Waals surface area (Å²) in [6.45, 7) is 3.78. The first-order valence-electron chi connectivity index (χ1n) is 11.9. The number of aromatic nitrogens is 2. The van der Waals surface area contributed by atoms with Gasteiger partial charge in [0.25, 0.3) is 0 Å². The van der Waals surface area contributed by atoms with Crippen LogP contribution >= 0.6 is 0 Å². The first-order valence-corrected chi connectivity index (χ1v) is 11.9. The van der Waals surface area contributed by atoms with E-state index in [1.54, 1.807) is 6.20 Å². The van der Waals surface area contributed by atoms with Crippen LogP contribution in [0.4, 0.5) is 14.5 Å². The van der Waals surface area contributed by atoms with Gasteiger partial charge in [-0.3, -0.25) is 9.48 Å². The number of hydrogen-bond donors (Lipinski definition) is 1. The fraction of sp³-hybridized carbons (Fsp3) is 0.385. The van der Waals surface area contributed by atoms with Gasteiger partial charge in [0.2, 0.25) is 11.7 Å². The third kappa shape index (κ3) is 3.57. The lowest BCUT2D eigenvalue weighted by atomic mass is 9.92. The molecular weight excluding hydrogens is 438 g/mol. The zero-order chi connectivity index (χ0) is 23.4. The molecule has 1 amide bonds. The maximum Gasteiger partial charge on any atom is 0.230 e. The predicted octanol–water partition coefficient (Wildman–Crippen LogP) is 4.84. The monoisotopic (exact) mass is 464 g/mol. The molecule has 176 valence electrons. The van der Waals surface area contributed by atoms with Crippen molar-refractivity contribution >= 4 is 11.6 Å². The van der Waals surface area contributed by atoms with E-state index in [4.69, 9.17) is 4.74 Å². The first kappa shape index (κ1) is 21.3. The van der Waals surface area contributed by atoms with E-state index in [2.05, 4.69) is 17.3 Å². The molecule has 1 aliphatic carbocycles. The largest absolute Gasteiger partial charge is 0.453 e. The van der Waals surface area contributed by atoms with E-state index in [9.17, 15) is 13.6 Å². The molecule has 0 unspecified atom stereocenters. The van der Waals surface area contributed by atoms with E-state index in [-0.39, 0.29) is 23.6 Å². The number of ether oxygens (including phenoxy) is 1. The summed E-state index contributed by atoms with van der Waals surface area (Å²) in [5.41, 5.74) is 3.21. The highest BCUT2D eigenvalue weighted by atomic mass is 19.2. The third-order valence-corrected chi connectivity index (χ3v) is 7.09. The Bertz CT molecular complexity index is 1270. The summed E-state index contributed by atoms with van der Waals surface area (Å²) in [5, 5.41) is 7.75. The molecule has 34 heavy (non-hydrogen) atoms. The third-order valence-electron chi connectivity index (χ3n) is 7.09. The molecule has 2 aliphatic heterocycles. The SMILES string of the molecule is C[C@H]1CCc2c(ccc(-c3cnn(C4CNC4)c3)c2Oc2cccc(F)c2F)N1C(=O)C1CC1. The minimum atomic E-state index is -1.03. The summed E-state index contributed by atoms with van der Waals surface area (Å²) in [7, 11) is 0. The van der Waals surface area contributed by atoms with Crippen molar-refractivity contribution in [3.63, 3.8) is 0 Å². The maximum absolute atomic E-state index is 14.6. The van der Waals surface area contributed by atoms with Crippen molar-refractivity contribution in [3.8, 4) is 22.6 Å². The van der Waals surface area contributed by atoms with Crippen LogP contribution in [0.1, 0.15) is 37.8 Å². The molecule has 2 fully saturated rings. The Morgan fingerprint density at radius 2 is 1.97 bits per heavy atom. The van der Waals surface area contributed by atoms with Crippen LogP contribution in [-0.4, -0.2) is 34.8 Å². The second kappa shape index (κ2) is 8.20. The first-order chi connectivity index (χ1) is 16.5. The Morgan fingerprint density at radius 1 is 1.15 bits per heavy atom. The topological polar surface area (TPSA) is 59.4 Å². The highest BCUT2D eigenvalue weighted by Crippen LogP contribution is 2.46. The number of amides is 1. The summed E-state index contributed by atoms with van der Waals surface area (Å²) < 4.78 is 36.6. The van der Waals surface area contributed by atoms with E-state index < -0.39 is 11.6 Å². The van der Waals surface area contributed by atoms with Crippen LogP contribution in [-0.2, 0) is 11.2 Å². The molecule has 3 aromatic rings. The van der Waals surface area contributed by atoms with E-state index >= 15 is 0 Å². The number of carbonyl (C=O) groups is 1. The van der Waals surface area contributed by atoms with Gasteiger partial charge in [0.05, 0.1) is 17.9 Å². The van der Waals surface area contributed by atoms with Crippen molar-refractivity contribution in [3.05, 3.63) is 59.9 Å². The number of hydrogen-bond acceptors (Lipinski definition) is 4. The molecule has 3 heterocycles. The lowest BCUT2D eigenvalue weighted by molar-refractivity contribution is -0.120. The second-order valence-electron chi connectivity index (χ2n) is 9.49. The molecule has 1 saturated carbocycles. The molecule has 6 rings (SSSR count). The Hall–Kier alpha value is -3.26. The molecule has 3 aliphatic rings. The van der Waals surface area contributed by atoms with Crippen LogP contribution in [0.5, 0.6) is 11.5 Å². The van der Waals surface area contributed by atoms with Crippen LogP contribution in [0.15, 0.2) is 42.7 Å². The highest BCUT2D eigenvalue weighted by molar-refractivity contribution is 5.99. The average molecular weight is 465 g/mol. The van der Waals surface area contributed by atoms with Gasteiger partial charge in [0.15, 0.2) is 11.6 Å². The molecule has 0 radical (unpaired) electrons. The normalized spacial score (nSPS) is 20.1. The standard InChI is InChI=1S/C26H26F2N4O2/c1-15-5-8-20-22(32(15)26(33)16-6-7-16)10-9-19(17-11-30-31(14-17)18-12-29-13-18)25(20)34-23-4-2-3-21(27)24(23)28/h2-4,9-11,14-16,18,29H,5-8,12-13H2,1H3/t15-/m0/s1. The molecule has 1 saturated heterocycles. The van der Waals surface area contributed by atoms with Crippen molar-refractivity contribution in [2.75, 3.05) is 18.0 Å². The van der Waals surface area contributed by atoms with Gasteiger partial charge < -0.3 is 15.0 Å². The average Bonchev–Trinajstić information content (AvgIpc) is 3.54. The number of nitrogens with one attached hydrogen (secondary N) is 1. The fourth-order valence-electron chi connectivity index (χ4n) is 4.82. The van der Waals surface area contributed by atoms with E-state index in [0.717, 1.165) is 60.8 Å². The summed E-state index contributed by atoms with van der Waals surface area (Å²) in [6.07, 6.45) is 7.01. The minimum Gasteiger partial charge on any atom is -0.453 e. The number of rotatable bonds is 5. The number of halogens is 2. The van der Waals surface area contributed by atoms with Crippen molar-refractivity contribution in [1.29, 1.82) is 0 Å². The summed E-state index contributed by atoms with van der Waals surface area (Å²) >= 11 is 0. The maximum atomic E-state index is 14.6. The molecule has 8 heteroatoms. The number of nitrogens with zero attached hydrogens (tertiary/aromatic N) is 3. The van der Waals surface area contributed by atoms with Crippen molar-refractivity contribution in [2.45, 2.75) is 44.7 Å². The van der Waals surface area contributed by atoms with Crippen molar-refractivity contribution in [1.82, 2.24) is 15.1 Å². The van der Waals surface area contributed by atoms with Gasteiger partial charge in [0.1, 0.15) is 5.75 Å². The predicted molar refractivity (Wildman–Crippen MR) is 124 cm³/mol. The van der Waals surface area contributed by atoms with Gasteiger partial charge in [-0.05, 0) is 56.9 Å². The van der Waals surface area contributed by atoms with Gasteiger partial charge in [-0.25, -0.2) is 4.39 Å². The molecular formula is C26H26F2N4O2. The molecule has 6 nitrogen and oxygen atoms in total. The van der Waals surface area contributed by atoms with Gasteiger partial charge in [-0.1, -0.05) is 6.07 Å². The van der Waals surface area contributed by atoms with Crippen molar-refractivity contribution in [2.24, 2.45) is 5.92 Å². The zero-order valence-electron chi connectivity index (χ0n) is 18.9. The number of benzene rings is 2. The second-order valence-corrected chi connectivity index (χ2v) is 9.49. The van der Waals surface area contributed by atoms with Gasteiger partial charge in [0, 0.05) is 47.9 Å². The van der Waals surface area contributed by atoms with E-state index in [0.29, 0.717) is 18.2 Å². The lowest BCUT2D eigenvalue weighted by Gasteiger charge is -2.36. The van der Waals surface area contributed by atoms with Crippen LogP contribution in [0, 0.1) is 17.6 Å². The van der Waals surface area contributed by atoms with Crippen LogP contribution in [0.2, 0.25) is 0 Å². The Balaban J connectivity index is 1.48. The lowest BCUT2D eigenvalue weighted by Crippen LogP contribution is -2.43. The molecule has 1 atom stereocenters. The van der Waals surface area contributed by atoms with Crippen molar-refractivity contribution < 1.29 is 18.3 Å². The van der Waals surface area contributed by atoms with Crippen LogP contribution in [0.3, 0.4) is 0 Å².